The van der Waals surface area contributed by atoms with Crippen LogP contribution in [0.25, 0.3) is 16.9 Å². The van der Waals surface area contributed by atoms with Crippen molar-refractivity contribution in [2.24, 2.45) is 0 Å². The summed E-state index contributed by atoms with van der Waals surface area (Å²) in [6.07, 6.45) is 0.782. The molecule has 20 heavy (non-hydrogen) atoms. The maximum absolute atomic E-state index is 8.85. The fourth-order valence-corrected chi connectivity index (χ4v) is 2.17. The molecule has 2 aromatic heterocycles. The third kappa shape index (κ3) is 1.91. The summed E-state index contributed by atoms with van der Waals surface area (Å²) in [5.41, 5.74) is 4.32. The van der Waals surface area contributed by atoms with E-state index in [0.29, 0.717) is 5.56 Å². The molecule has 3 aromatic rings. The van der Waals surface area contributed by atoms with Crippen molar-refractivity contribution >= 4 is 5.65 Å². The zero-order chi connectivity index (χ0) is 14.1. The molecule has 0 unspecified atom stereocenters. The Bertz CT molecular complexity index is 809. The van der Waals surface area contributed by atoms with E-state index < -0.39 is 0 Å². The Hall–Kier alpha value is -2.74. The van der Waals surface area contributed by atoms with Crippen LogP contribution in [0.4, 0.5) is 0 Å². The summed E-state index contributed by atoms with van der Waals surface area (Å²) >= 11 is 0. The second kappa shape index (κ2) is 4.74. The van der Waals surface area contributed by atoms with E-state index in [2.05, 4.69) is 21.4 Å². The molecule has 2 heterocycles. The first kappa shape index (κ1) is 12.3. The summed E-state index contributed by atoms with van der Waals surface area (Å²) in [4.78, 5) is 0. The highest BCUT2D eigenvalue weighted by Crippen LogP contribution is 2.22. The number of hydrogen-bond donors (Lipinski definition) is 0. The van der Waals surface area contributed by atoms with Crippen LogP contribution in [-0.4, -0.2) is 19.8 Å². The van der Waals surface area contributed by atoms with Gasteiger partial charge in [0.2, 0.25) is 0 Å². The molecule has 3 rings (SSSR count). The van der Waals surface area contributed by atoms with Crippen LogP contribution >= 0.6 is 0 Å². The molecular weight excluding hydrogens is 250 g/mol. The molecule has 0 saturated heterocycles. The highest BCUT2D eigenvalue weighted by Gasteiger charge is 2.10. The first-order valence-electron chi connectivity index (χ1n) is 6.45. The molecule has 0 fully saturated rings. The van der Waals surface area contributed by atoms with Crippen molar-refractivity contribution < 1.29 is 0 Å². The van der Waals surface area contributed by atoms with Crippen molar-refractivity contribution in [1.29, 1.82) is 5.26 Å². The smallest absolute Gasteiger partial charge is 0.178 e. The summed E-state index contributed by atoms with van der Waals surface area (Å²) in [6, 6.07) is 11.5. The average Bonchev–Trinajstić information content (AvgIpc) is 2.88. The predicted molar refractivity (Wildman–Crippen MR) is 75.0 cm³/mol. The maximum atomic E-state index is 8.85. The van der Waals surface area contributed by atoms with Crippen LogP contribution in [-0.2, 0) is 6.42 Å². The third-order valence-corrected chi connectivity index (χ3v) is 3.25. The number of hydrogen-bond acceptors (Lipinski definition) is 4. The van der Waals surface area contributed by atoms with Gasteiger partial charge in [0, 0.05) is 12.0 Å². The molecule has 0 aliphatic rings. The van der Waals surface area contributed by atoms with Gasteiger partial charge in [-0.3, -0.25) is 0 Å². The second-order valence-corrected chi connectivity index (χ2v) is 4.60. The highest BCUT2D eigenvalue weighted by molar-refractivity contribution is 5.65. The van der Waals surface area contributed by atoms with Crippen LogP contribution in [0.2, 0.25) is 0 Å². The van der Waals surface area contributed by atoms with Crippen molar-refractivity contribution in [3.8, 4) is 17.3 Å². The second-order valence-electron chi connectivity index (χ2n) is 4.60. The fourth-order valence-electron chi connectivity index (χ4n) is 2.17. The number of aromatic nitrogens is 4. The van der Waals surface area contributed by atoms with Crippen molar-refractivity contribution in [2.75, 3.05) is 0 Å². The van der Waals surface area contributed by atoms with Crippen LogP contribution < -0.4 is 0 Å². The first-order valence-corrected chi connectivity index (χ1v) is 6.45. The Labute approximate surface area is 116 Å². The van der Waals surface area contributed by atoms with Gasteiger partial charge >= 0.3 is 0 Å². The van der Waals surface area contributed by atoms with Crippen LogP contribution in [0.1, 0.15) is 23.9 Å². The number of fused-ring (bicyclic) bond motifs is 1. The Kier molecular flexibility index (Phi) is 2.92. The molecule has 5 nitrogen and oxygen atoms in total. The number of nitriles is 1. The highest BCUT2D eigenvalue weighted by atomic mass is 15.4. The molecule has 1 aromatic carbocycles. The van der Waals surface area contributed by atoms with Gasteiger partial charge in [0.15, 0.2) is 11.5 Å². The lowest BCUT2D eigenvalue weighted by molar-refractivity contribution is 0.824. The largest absolute Gasteiger partial charge is 0.197 e. The van der Waals surface area contributed by atoms with E-state index in [1.165, 1.54) is 0 Å². The minimum absolute atomic E-state index is 0.644. The number of benzene rings is 1. The monoisotopic (exact) mass is 263 g/mol. The van der Waals surface area contributed by atoms with Gasteiger partial charge in [-0.2, -0.15) is 14.9 Å². The summed E-state index contributed by atoms with van der Waals surface area (Å²) < 4.78 is 1.78. The zero-order valence-corrected chi connectivity index (χ0v) is 11.3. The lowest BCUT2D eigenvalue weighted by atomic mass is 10.1. The molecule has 0 bridgehead atoms. The van der Waals surface area contributed by atoms with Gasteiger partial charge in [-0.25, -0.2) is 0 Å². The lowest BCUT2D eigenvalue weighted by Crippen LogP contribution is -2.01. The van der Waals surface area contributed by atoms with Gasteiger partial charge in [-0.15, -0.1) is 10.2 Å². The molecular formula is C15H13N5. The fraction of sp³-hybridized carbons (Fsp3) is 0.200. The molecule has 0 saturated carbocycles. The number of aryl methyl sites for hydroxylation is 2. The normalized spacial score (nSPS) is 10.7. The van der Waals surface area contributed by atoms with Crippen LogP contribution in [0.5, 0.6) is 0 Å². The van der Waals surface area contributed by atoms with E-state index in [1.807, 2.05) is 32.0 Å². The quantitative estimate of drug-likeness (QED) is 0.712. The predicted octanol–water partition coefficient (Wildman–Crippen LogP) is 2.53. The van der Waals surface area contributed by atoms with Gasteiger partial charge in [0.25, 0.3) is 0 Å². The zero-order valence-electron chi connectivity index (χ0n) is 11.3. The lowest BCUT2D eigenvalue weighted by Gasteiger charge is -2.06. The molecule has 0 N–H and O–H groups in total. The SMILES string of the molecule is CCc1nnc2cc(C)c(-c3ccc(C#N)cc3)nn12. The van der Waals surface area contributed by atoms with Gasteiger partial charge < -0.3 is 0 Å². The van der Waals surface area contributed by atoms with E-state index >= 15 is 0 Å². The van der Waals surface area contributed by atoms with Crippen LogP contribution in [0.3, 0.4) is 0 Å². The topological polar surface area (TPSA) is 66.9 Å². The molecule has 0 aliphatic heterocycles. The van der Waals surface area contributed by atoms with Crippen molar-refractivity contribution in [3.63, 3.8) is 0 Å². The minimum Gasteiger partial charge on any atom is -0.197 e. The Morgan fingerprint density at radius 1 is 1.20 bits per heavy atom. The summed E-state index contributed by atoms with van der Waals surface area (Å²) in [5, 5.41) is 21.7. The Morgan fingerprint density at radius 2 is 1.95 bits per heavy atom. The Morgan fingerprint density at radius 3 is 2.60 bits per heavy atom. The number of nitrogens with zero attached hydrogens (tertiary/aromatic N) is 5. The summed E-state index contributed by atoms with van der Waals surface area (Å²) in [5.74, 6) is 0.842. The molecule has 98 valence electrons. The van der Waals surface area contributed by atoms with Gasteiger partial charge in [-0.05, 0) is 30.7 Å². The van der Waals surface area contributed by atoms with E-state index in [9.17, 15) is 0 Å². The van der Waals surface area contributed by atoms with E-state index in [-0.39, 0.29) is 0 Å². The van der Waals surface area contributed by atoms with E-state index in [0.717, 1.165) is 34.7 Å². The molecule has 0 radical (unpaired) electrons. The Balaban J connectivity index is 2.18. The average molecular weight is 263 g/mol. The number of rotatable bonds is 2. The van der Waals surface area contributed by atoms with E-state index in [4.69, 9.17) is 5.26 Å². The molecule has 0 aliphatic carbocycles. The van der Waals surface area contributed by atoms with Crippen molar-refractivity contribution in [1.82, 2.24) is 19.8 Å². The van der Waals surface area contributed by atoms with Gasteiger partial charge in [0.05, 0.1) is 17.3 Å². The molecule has 0 spiro atoms. The summed E-state index contributed by atoms with van der Waals surface area (Å²) in [7, 11) is 0. The van der Waals surface area contributed by atoms with Crippen molar-refractivity contribution in [2.45, 2.75) is 20.3 Å². The molecule has 0 amide bonds. The minimum atomic E-state index is 0.644. The third-order valence-electron chi connectivity index (χ3n) is 3.25. The van der Waals surface area contributed by atoms with Crippen LogP contribution in [0.15, 0.2) is 30.3 Å². The maximum Gasteiger partial charge on any atom is 0.178 e. The van der Waals surface area contributed by atoms with Crippen molar-refractivity contribution in [3.05, 3.63) is 47.3 Å². The van der Waals surface area contributed by atoms with Gasteiger partial charge in [-0.1, -0.05) is 19.1 Å². The van der Waals surface area contributed by atoms with Gasteiger partial charge in [0.1, 0.15) is 0 Å². The summed E-state index contributed by atoms with van der Waals surface area (Å²) in [6.45, 7) is 4.03. The molecule has 5 heteroatoms. The van der Waals surface area contributed by atoms with Crippen LogP contribution in [0, 0.1) is 18.3 Å². The molecule has 0 atom stereocenters. The first-order chi connectivity index (χ1) is 9.72. The standard InChI is InChI=1S/C15H13N5/c1-3-13-17-18-14-8-10(2)15(19-20(13)14)12-6-4-11(9-16)5-7-12/h4-8H,3H2,1-2H3. The van der Waals surface area contributed by atoms with E-state index in [1.54, 1.807) is 16.6 Å².